The second kappa shape index (κ2) is 9.93. The van der Waals surface area contributed by atoms with Gasteiger partial charge in [0.1, 0.15) is 17.1 Å². The molecule has 176 valence electrons. The maximum Gasteiger partial charge on any atom is 0.270 e. The number of thiocarbonyl (C=S) groups is 1. The first-order valence-electron chi connectivity index (χ1n) is 11.2. The fourth-order valence-corrected chi connectivity index (χ4v) is 4.13. The lowest BCUT2D eigenvalue weighted by Crippen LogP contribution is -2.54. The summed E-state index contributed by atoms with van der Waals surface area (Å²) in [5.41, 5.74) is 4.09. The molecule has 0 aliphatic carbocycles. The summed E-state index contributed by atoms with van der Waals surface area (Å²) in [4.78, 5) is 31.8. The van der Waals surface area contributed by atoms with Gasteiger partial charge in [-0.1, -0.05) is 48.0 Å². The number of hydrogen-bond donors (Lipinski definition) is 1. The Balaban J connectivity index is 1.45. The lowest BCUT2D eigenvalue weighted by molar-refractivity contribution is -0.122. The van der Waals surface area contributed by atoms with E-state index >= 15 is 0 Å². The van der Waals surface area contributed by atoms with E-state index in [0.29, 0.717) is 22.7 Å². The zero-order chi connectivity index (χ0) is 25.1. The molecule has 0 saturated carbocycles. The molecule has 0 unspecified atom stereocenters. The molecule has 1 saturated heterocycles. The summed E-state index contributed by atoms with van der Waals surface area (Å²) in [6.45, 7) is 2.02. The second-order valence-corrected chi connectivity index (χ2v) is 8.58. The molecule has 36 heavy (non-hydrogen) atoms. The zero-order valence-electron chi connectivity index (χ0n) is 19.3. The van der Waals surface area contributed by atoms with Gasteiger partial charge in [0.2, 0.25) is 0 Å². The lowest BCUT2D eigenvalue weighted by Gasteiger charge is -2.29. The Morgan fingerprint density at radius 1 is 0.889 bits per heavy atom. The molecule has 0 bridgehead atoms. The third kappa shape index (κ3) is 4.78. The molecule has 5 rings (SSSR count). The van der Waals surface area contributed by atoms with E-state index < -0.39 is 11.8 Å². The maximum absolute atomic E-state index is 13.5. The molecule has 0 atom stereocenters. The van der Waals surface area contributed by atoms with Crippen molar-refractivity contribution in [1.82, 2.24) is 10.3 Å². The van der Waals surface area contributed by atoms with Crippen molar-refractivity contribution in [2.75, 3.05) is 4.90 Å². The van der Waals surface area contributed by atoms with Crippen LogP contribution >= 0.6 is 12.2 Å². The van der Waals surface area contributed by atoms with Crippen LogP contribution in [-0.2, 0) is 9.59 Å². The van der Waals surface area contributed by atoms with E-state index in [1.165, 1.54) is 4.90 Å². The average molecular weight is 492 g/mol. The molecular formula is C29H21N3O3S. The quantitative estimate of drug-likeness (QED) is 0.221. The van der Waals surface area contributed by atoms with Crippen LogP contribution in [0.5, 0.6) is 11.5 Å². The van der Waals surface area contributed by atoms with Gasteiger partial charge in [-0.15, -0.1) is 0 Å². The van der Waals surface area contributed by atoms with Crippen LogP contribution in [0.3, 0.4) is 0 Å². The van der Waals surface area contributed by atoms with Crippen LogP contribution in [0.25, 0.3) is 17.2 Å². The minimum Gasteiger partial charge on any atom is -0.457 e. The topological polar surface area (TPSA) is 71.5 Å². The van der Waals surface area contributed by atoms with E-state index in [0.717, 1.165) is 16.7 Å². The monoisotopic (exact) mass is 491 g/mol. The highest BCUT2D eigenvalue weighted by Gasteiger charge is 2.34. The van der Waals surface area contributed by atoms with Gasteiger partial charge >= 0.3 is 0 Å². The Morgan fingerprint density at radius 2 is 1.58 bits per heavy atom. The highest BCUT2D eigenvalue weighted by atomic mass is 32.1. The summed E-state index contributed by atoms with van der Waals surface area (Å²) in [6.07, 6.45) is 4.87. The Morgan fingerprint density at radius 3 is 2.31 bits per heavy atom. The summed E-state index contributed by atoms with van der Waals surface area (Å²) in [7, 11) is 0. The van der Waals surface area contributed by atoms with Crippen molar-refractivity contribution in [1.29, 1.82) is 0 Å². The van der Waals surface area contributed by atoms with Crippen molar-refractivity contribution in [2.45, 2.75) is 6.92 Å². The van der Waals surface area contributed by atoms with E-state index in [-0.39, 0.29) is 10.7 Å². The van der Waals surface area contributed by atoms with E-state index in [1.54, 1.807) is 42.7 Å². The first-order valence-corrected chi connectivity index (χ1v) is 11.7. The number of aryl methyl sites for hydroxylation is 1. The van der Waals surface area contributed by atoms with Crippen LogP contribution < -0.4 is 15.0 Å². The van der Waals surface area contributed by atoms with Crippen molar-refractivity contribution in [3.63, 3.8) is 0 Å². The normalized spacial score (nSPS) is 14.6. The summed E-state index contributed by atoms with van der Waals surface area (Å²) in [5, 5.41) is 2.64. The molecule has 7 heteroatoms. The molecule has 4 aromatic rings. The number of para-hydroxylation sites is 1. The smallest absolute Gasteiger partial charge is 0.270 e. The Bertz CT molecular complexity index is 1480. The van der Waals surface area contributed by atoms with Gasteiger partial charge in [0.05, 0.1) is 5.69 Å². The number of ether oxygens (including phenoxy) is 1. The molecule has 0 radical (unpaired) electrons. The molecule has 1 aromatic heterocycles. The third-order valence-electron chi connectivity index (χ3n) is 5.69. The molecule has 1 N–H and O–H groups in total. The van der Waals surface area contributed by atoms with Gasteiger partial charge in [-0.2, -0.15) is 0 Å². The number of amides is 2. The average Bonchev–Trinajstić information content (AvgIpc) is 2.89. The van der Waals surface area contributed by atoms with E-state index in [2.05, 4.69) is 10.3 Å². The van der Waals surface area contributed by atoms with Gasteiger partial charge in [-0.25, -0.2) is 0 Å². The molecule has 2 heterocycles. The van der Waals surface area contributed by atoms with E-state index in [4.69, 9.17) is 17.0 Å². The highest BCUT2D eigenvalue weighted by Crippen LogP contribution is 2.29. The van der Waals surface area contributed by atoms with Gasteiger partial charge in [-0.3, -0.25) is 24.8 Å². The van der Waals surface area contributed by atoms with Crippen molar-refractivity contribution in [3.8, 4) is 22.6 Å². The van der Waals surface area contributed by atoms with Crippen molar-refractivity contribution < 1.29 is 14.3 Å². The predicted molar refractivity (Wildman–Crippen MR) is 144 cm³/mol. The Kier molecular flexibility index (Phi) is 6.38. The summed E-state index contributed by atoms with van der Waals surface area (Å²) in [6, 6.07) is 26.2. The van der Waals surface area contributed by atoms with Crippen LogP contribution in [0.2, 0.25) is 0 Å². The number of nitrogens with zero attached hydrogens (tertiary/aromatic N) is 2. The number of nitrogens with one attached hydrogen (secondary N) is 1. The zero-order valence-corrected chi connectivity index (χ0v) is 20.2. The molecule has 3 aromatic carbocycles. The fourth-order valence-electron chi connectivity index (χ4n) is 3.85. The first kappa shape index (κ1) is 23.1. The van der Waals surface area contributed by atoms with Crippen molar-refractivity contribution in [2.24, 2.45) is 0 Å². The van der Waals surface area contributed by atoms with Gasteiger partial charge in [0.25, 0.3) is 11.8 Å². The second-order valence-electron chi connectivity index (χ2n) is 8.20. The highest BCUT2D eigenvalue weighted by molar-refractivity contribution is 7.80. The number of aromatic nitrogens is 1. The molecule has 1 fully saturated rings. The molecular weight excluding hydrogens is 470 g/mol. The minimum atomic E-state index is -0.552. The fraction of sp³-hybridized carbons (Fsp3) is 0.0345. The molecule has 1 aliphatic rings. The number of carbonyl (C=O) groups is 2. The van der Waals surface area contributed by atoms with Gasteiger partial charge in [-0.05, 0) is 78.8 Å². The van der Waals surface area contributed by atoms with Crippen molar-refractivity contribution >= 4 is 40.9 Å². The summed E-state index contributed by atoms with van der Waals surface area (Å²) < 4.78 is 5.83. The van der Waals surface area contributed by atoms with E-state index in [9.17, 15) is 9.59 Å². The van der Waals surface area contributed by atoms with E-state index in [1.807, 2.05) is 67.6 Å². The summed E-state index contributed by atoms with van der Waals surface area (Å²) in [5.74, 6) is 0.245. The Hall–Kier alpha value is -4.62. The van der Waals surface area contributed by atoms with Crippen LogP contribution in [0.15, 0.2) is 103 Å². The van der Waals surface area contributed by atoms with Gasteiger partial charge in [0, 0.05) is 18.0 Å². The number of benzene rings is 3. The predicted octanol–water partition coefficient (Wildman–Crippen LogP) is 5.68. The maximum atomic E-state index is 13.5. The SMILES string of the molecule is Cc1ccc(-c2ccncc2C=C2C(=O)NC(=S)N(c3ccc(Oc4ccccc4)cc3)C2=O)cc1. The molecule has 0 spiro atoms. The van der Waals surface area contributed by atoms with Crippen LogP contribution in [0.1, 0.15) is 11.1 Å². The molecule has 6 nitrogen and oxygen atoms in total. The van der Waals surface area contributed by atoms with Gasteiger partial charge in [0.15, 0.2) is 5.11 Å². The number of hydrogen-bond acceptors (Lipinski definition) is 5. The van der Waals surface area contributed by atoms with Crippen molar-refractivity contribution in [3.05, 3.63) is 114 Å². The molecule has 1 aliphatic heterocycles. The summed E-state index contributed by atoms with van der Waals surface area (Å²) >= 11 is 5.34. The first-order chi connectivity index (χ1) is 17.5. The standard InChI is InChI=1S/C29H21N3O3S/c1-19-7-9-20(10-8-19)25-15-16-30-18-21(25)17-26-27(33)31-29(36)32(28(26)34)22-11-13-24(14-12-22)35-23-5-3-2-4-6-23/h2-18H,1H3,(H,31,33,36). The van der Waals surface area contributed by atoms with Gasteiger partial charge < -0.3 is 4.74 Å². The third-order valence-corrected chi connectivity index (χ3v) is 5.97. The van der Waals surface area contributed by atoms with Crippen LogP contribution in [0.4, 0.5) is 5.69 Å². The number of carbonyl (C=O) groups excluding carboxylic acids is 2. The number of rotatable bonds is 5. The van der Waals surface area contributed by atoms with Crippen LogP contribution in [-0.4, -0.2) is 21.9 Å². The molecule has 2 amide bonds. The Labute approximate surface area is 213 Å². The van der Waals surface area contributed by atoms with Crippen LogP contribution in [0, 0.1) is 6.92 Å². The lowest BCUT2D eigenvalue weighted by atomic mass is 9.98. The minimum absolute atomic E-state index is 0.0174. The number of anilines is 1. The number of pyridine rings is 1. The largest absolute Gasteiger partial charge is 0.457 e.